The summed E-state index contributed by atoms with van der Waals surface area (Å²) < 4.78 is 1.89. The summed E-state index contributed by atoms with van der Waals surface area (Å²) in [5, 5.41) is 11.6. The Morgan fingerprint density at radius 2 is 1.88 bits per heavy atom. The van der Waals surface area contributed by atoms with Crippen molar-refractivity contribution in [2.45, 2.75) is 44.3 Å². The van der Waals surface area contributed by atoms with Crippen LogP contribution in [-0.4, -0.2) is 51.0 Å². The minimum absolute atomic E-state index is 0.0787. The molecule has 1 aliphatic rings. The quantitative estimate of drug-likeness (QED) is 0.289. The van der Waals surface area contributed by atoms with E-state index in [9.17, 15) is 4.79 Å². The molecule has 1 amide bonds. The molecule has 1 aliphatic heterocycles. The van der Waals surface area contributed by atoms with Crippen molar-refractivity contribution < 1.29 is 4.79 Å². The van der Waals surface area contributed by atoms with Gasteiger partial charge < -0.3 is 10.2 Å². The number of nitrogens with one attached hydrogen (secondary N) is 1. The number of carbonyl (C=O) groups is 1. The second-order valence-electron chi connectivity index (χ2n) is 8.65. The summed E-state index contributed by atoms with van der Waals surface area (Å²) in [7, 11) is 0. The average molecular weight is 475 g/mol. The summed E-state index contributed by atoms with van der Waals surface area (Å²) in [6.45, 7) is 5.24. The molecule has 4 aromatic rings. The Morgan fingerprint density at radius 3 is 2.71 bits per heavy atom. The Hall–Kier alpha value is -3.13. The number of carbonyl (C=O) groups excluding carboxylic acids is 1. The number of benzene rings is 2. The molecule has 0 aliphatic carbocycles. The first kappa shape index (κ1) is 22.7. The number of anilines is 1. The fraction of sp³-hybridized carbons (Fsp3) is 0.385. The molecule has 1 N–H and O–H groups in total. The zero-order valence-corrected chi connectivity index (χ0v) is 20.4. The van der Waals surface area contributed by atoms with Gasteiger partial charge in [0.05, 0.1) is 18.1 Å². The summed E-state index contributed by atoms with van der Waals surface area (Å²) in [5.41, 5.74) is 1.51. The number of fused-ring (bicyclic) bond motifs is 2. The van der Waals surface area contributed by atoms with Crippen molar-refractivity contribution in [3.63, 3.8) is 0 Å². The molecule has 2 aromatic heterocycles. The standard InChI is InChI=1S/C26H30N6OS/c1-2-16-34-26-29-23(31-13-6-3-7-14-31)22-18-28-32(24(22)30-26)15-12-27-25(33)21-11-10-19-8-4-5-9-20(19)17-21/h4-5,8-11,17-18H,2-3,6-7,12-16H2,1H3,(H,27,33). The Balaban J connectivity index is 1.33. The van der Waals surface area contributed by atoms with Crippen molar-refractivity contribution >= 4 is 45.3 Å². The van der Waals surface area contributed by atoms with Crippen LogP contribution in [0.25, 0.3) is 21.8 Å². The van der Waals surface area contributed by atoms with Crippen LogP contribution < -0.4 is 10.2 Å². The zero-order valence-electron chi connectivity index (χ0n) is 19.5. The van der Waals surface area contributed by atoms with Crippen molar-refractivity contribution in [3.05, 3.63) is 54.2 Å². The van der Waals surface area contributed by atoms with Gasteiger partial charge in [0, 0.05) is 31.0 Å². The van der Waals surface area contributed by atoms with Gasteiger partial charge in [-0.1, -0.05) is 49.0 Å². The van der Waals surface area contributed by atoms with Crippen LogP contribution in [0.15, 0.2) is 53.8 Å². The van der Waals surface area contributed by atoms with Crippen LogP contribution in [0.2, 0.25) is 0 Å². The smallest absolute Gasteiger partial charge is 0.251 e. The fourth-order valence-electron chi connectivity index (χ4n) is 4.40. The van der Waals surface area contributed by atoms with Gasteiger partial charge in [0.25, 0.3) is 5.91 Å². The number of aromatic nitrogens is 4. The molecule has 0 radical (unpaired) electrons. The van der Waals surface area contributed by atoms with Crippen LogP contribution in [0.4, 0.5) is 5.82 Å². The van der Waals surface area contributed by atoms with E-state index in [-0.39, 0.29) is 5.91 Å². The van der Waals surface area contributed by atoms with E-state index < -0.39 is 0 Å². The first-order valence-corrected chi connectivity index (χ1v) is 13.1. The molecule has 0 saturated carbocycles. The highest BCUT2D eigenvalue weighted by Crippen LogP contribution is 2.29. The lowest BCUT2D eigenvalue weighted by molar-refractivity contribution is 0.0952. The van der Waals surface area contributed by atoms with E-state index >= 15 is 0 Å². The molecule has 0 spiro atoms. The summed E-state index contributed by atoms with van der Waals surface area (Å²) in [4.78, 5) is 24.8. The summed E-state index contributed by atoms with van der Waals surface area (Å²) in [6, 6.07) is 13.9. The highest BCUT2D eigenvalue weighted by Gasteiger charge is 2.20. The van der Waals surface area contributed by atoms with E-state index in [0.29, 0.717) is 18.7 Å². The van der Waals surface area contributed by atoms with E-state index in [4.69, 9.17) is 9.97 Å². The predicted molar refractivity (Wildman–Crippen MR) is 139 cm³/mol. The molecule has 8 heteroatoms. The molecule has 0 unspecified atom stereocenters. The van der Waals surface area contributed by atoms with Gasteiger partial charge in [-0.05, 0) is 48.6 Å². The topological polar surface area (TPSA) is 75.9 Å². The highest BCUT2D eigenvalue weighted by molar-refractivity contribution is 7.99. The monoisotopic (exact) mass is 474 g/mol. The zero-order chi connectivity index (χ0) is 23.3. The lowest BCUT2D eigenvalue weighted by Gasteiger charge is -2.28. The van der Waals surface area contributed by atoms with Crippen LogP contribution in [-0.2, 0) is 6.54 Å². The van der Waals surface area contributed by atoms with Gasteiger partial charge in [-0.3, -0.25) is 4.79 Å². The number of thioether (sulfide) groups is 1. The molecule has 7 nitrogen and oxygen atoms in total. The van der Waals surface area contributed by atoms with E-state index in [2.05, 4.69) is 22.2 Å². The molecular formula is C26H30N6OS. The molecule has 0 bridgehead atoms. The average Bonchev–Trinajstić information content (AvgIpc) is 3.30. The van der Waals surface area contributed by atoms with Gasteiger partial charge >= 0.3 is 0 Å². The molecule has 2 aromatic carbocycles. The van der Waals surface area contributed by atoms with Gasteiger partial charge in [0.15, 0.2) is 10.8 Å². The van der Waals surface area contributed by atoms with Crippen LogP contribution in [0.1, 0.15) is 43.0 Å². The largest absolute Gasteiger partial charge is 0.356 e. The first-order valence-electron chi connectivity index (χ1n) is 12.1. The lowest BCUT2D eigenvalue weighted by Crippen LogP contribution is -2.30. The molecule has 34 heavy (non-hydrogen) atoms. The SMILES string of the molecule is CCCSc1nc(N2CCCCC2)c2cnn(CCNC(=O)c3ccc4ccccc4c3)c2n1. The maximum Gasteiger partial charge on any atom is 0.251 e. The molecule has 0 atom stereocenters. The minimum atomic E-state index is -0.0787. The Labute approximate surface area is 204 Å². The van der Waals surface area contributed by atoms with Crippen molar-refractivity contribution in [2.24, 2.45) is 0 Å². The number of piperidine rings is 1. The Morgan fingerprint density at radius 1 is 1.06 bits per heavy atom. The van der Waals surface area contributed by atoms with Crippen molar-refractivity contribution in [3.8, 4) is 0 Å². The molecular weight excluding hydrogens is 444 g/mol. The summed E-state index contributed by atoms with van der Waals surface area (Å²) >= 11 is 1.69. The van der Waals surface area contributed by atoms with Gasteiger partial charge in [0.1, 0.15) is 5.82 Å². The highest BCUT2D eigenvalue weighted by atomic mass is 32.2. The number of amides is 1. The summed E-state index contributed by atoms with van der Waals surface area (Å²) in [5.74, 6) is 1.90. The maximum atomic E-state index is 12.7. The maximum absolute atomic E-state index is 12.7. The molecule has 1 fully saturated rings. The lowest BCUT2D eigenvalue weighted by atomic mass is 10.1. The number of rotatable bonds is 8. The molecule has 176 valence electrons. The van der Waals surface area contributed by atoms with E-state index in [0.717, 1.165) is 58.0 Å². The fourth-order valence-corrected chi connectivity index (χ4v) is 5.09. The van der Waals surface area contributed by atoms with Crippen molar-refractivity contribution in [1.29, 1.82) is 0 Å². The number of nitrogens with zero attached hydrogens (tertiary/aromatic N) is 5. The summed E-state index contributed by atoms with van der Waals surface area (Å²) in [6.07, 6.45) is 6.61. The van der Waals surface area contributed by atoms with Crippen LogP contribution >= 0.6 is 11.8 Å². The van der Waals surface area contributed by atoms with Crippen LogP contribution in [0.3, 0.4) is 0 Å². The predicted octanol–water partition coefficient (Wildman–Crippen LogP) is 4.90. The third-order valence-electron chi connectivity index (χ3n) is 6.17. The molecule has 3 heterocycles. The second-order valence-corrected chi connectivity index (χ2v) is 9.71. The minimum Gasteiger partial charge on any atom is -0.356 e. The van der Waals surface area contributed by atoms with Gasteiger partial charge in [-0.2, -0.15) is 5.10 Å². The van der Waals surface area contributed by atoms with E-state index in [1.165, 1.54) is 19.3 Å². The van der Waals surface area contributed by atoms with Crippen LogP contribution in [0, 0.1) is 0 Å². The van der Waals surface area contributed by atoms with Gasteiger partial charge in [0.2, 0.25) is 0 Å². The normalized spacial score (nSPS) is 14.1. The first-order chi connectivity index (χ1) is 16.7. The van der Waals surface area contributed by atoms with Gasteiger partial charge in [-0.25, -0.2) is 14.6 Å². The van der Waals surface area contributed by atoms with E-state index in [1.54, 1.807) is 11.8 Å². The third-order valence-corrected chi connectivity index (χ3v) is 7.22. The van der Waals surface area contributed by atoms with Gasteiger partial charge in [-0.15, -0.1) is 0 Å². The second kappa shape index (κ2) is 10.4. The Kier molecular flexibility index (Phi) is 6.94. The number of hydrogen-bond donors (Lipinski definition) is 1. The third kappa shape index (κ3) is 4.87. The number of hydrogen-bond acceptors (Lipinski definition) is 6. The Bertz CT molecular complexity index is 1300. The van der Waals surface area contributed by atoms with Crippen LogP contribution in [0.5, 0.6) is 0 Å². The van der Waals surface area contributed by atoms with Crippen molar-refractivity contribution in [2.75, 3.05) is 30.3 Å². The van der Waals surface area contributed by atoms with Crippen molar-refractivity contribution in [1.82, 2.24) is 25.1 Å². The molecule has 1 saturated heterocycles. The molecule has 5 rings (SSSR count). The van der Waals surface area contributed by atoms with E-state index in [1.807, 2.05) is 53.3 Å².